The predicted octanol–water partition coefficient (Wildman–Crippen LogP) is 1.79. The van der Waals surface area contributed by atoms with Crippen molar-refractivity contribution in [1.82, 2.24) is 5.43 Å². The largest absolute Gasteiger partial charge is 0.491 e. The van der Waals surface area contributed by atoms with E-state index in [9.17, 15) is 0 Å². The van der Waals surface area contributed by atoms with Crippen LogP contribution in [0.3, 0.4) is 0 Å². The van der Waals surface area contributed by atoms with Gasteiger partial charge in [0.15, 0.2) is 0 Å². The molecule has 5 nitrogen and oxygen atoms in total. The third kappa shape index (κ3) is 3.93. The van der Waals surface area contributed by atoms with Crippen LogP contribution in [0.1, 0.15) is 30.9 Å². The normalized spacial score (nSPS) is 20.6. The van der Waals surface area contributed by atoms with Crippen LogP contribution in [-0.2, 0) is 9.47 Å². The van der Waals surface area contributed by atoms with Crippen molar-refractivity contribution in [3.05, 3.63) is 29.8 Å². The van der Waals surface area contributed by atoms with Crippen molar-refractivity contribution >= 4 is 0 Å². The number of hydrogen-bond acceptors (Lipinski definition) is 5. The Labute approximate surface area is 120 Å². The van der Waals surface area contributed by atoms with E-state index in [1.807, 2.05) is 24.3 Å². The first-order chi connectivity index (χ1) is 9.86. The first-order valence-corrected chi connectivity index (χ1v) is 7.15. The van der Waals surface area contributed by atoms with Crippen LogP contribution in [0.15, 0.2) is 24.3 Å². The second-order valence-corrected chi connectivity index (χ2v) is 4.93. The van der Waals surface area contributed by atoms with Crippen molar-refractivity contribution in [3.8, 4) is 5.75 Å². The van der Waals surface area contributed by atoms with E-state index in [-0.39, 0.29) is 12.1 Å². The van der Waals surface area contributed by atoms with Gasteiger partial charge in [0.1, 0.15) is 12.4 Å². The topological polar surface area (TPSA) is 65.7 Å². The molecule has 1 saturated heterocycles. The van der Waals surface area contributed by atoms with Gasteiger partial charge in [-0.05, 0) is 25.3 Å². The van der Waals surface area contributed by atoms with Gasteiger partial charge in [-0.3, -0.25) is 11.3 Å². The van der Waals surface area contributed by atoms with Gasteiger partial charge in [-0.1, -0.05) is 18.2 Å². The average molecular weight is 280 g/mol. The number of benzene rings is 1. The van der Waals surface area contributed by atoms with Gasteiger partial charge in [0.25, 0.3) is 0 Å². The maximum atomic E-state index is 5.84. The predicted molar refractivity (Wildman–Crippen MR) is 77.5 cm³/mol. The Morgan fingerprint density at radius 1 is 1.35 bits per heavy atom. The number of nitrogens with two attached hydrogens (primary N) is 1. The molecule has 2 atom stereocenters. The molecule has 0 aromatic heterocycles. The molecule has 1 aromatic carbocycles. The highest BCUT2D eigenvalue weighted by molar-refractivity contribution is 5.36. The number of ether oxygens (including phenoxy) is 3. The maximum absolute atomic E-state index is 5.84. The lowest BCUT2D eigenvalue weighted by molar-refractivity contribution is -0.00885. The van der Waals surface area contributed by atoms with Crippen LogP contribution in [0, 0.1) is 0 Å². The highest BCUT2D eigenvalue weighted by Crippen LogP contribution is 2.31. The molecule has 2 rings (SSSR count). The van der Waals surface area contributed by atoms with E-state index in [0.29, 0.717) is 13.2 Å². The van der Waals surface area contributed by atoms with Gasteiger partial charge in [0.05, 0.1) is 18.8 Å². The molecule has 0 spiro atoms. The molecule has 1 aromatic rings. The highest BCUT2D eigenvalue weighted by atomic mass is 16.5. The van der Waals surface area contributed by atoms with Gasteiger partial charge >= 0.3 is 0 Å². The smallest absolute Gasteiger partial charge is 0.124 e. The van der Waals surface area contributed by atoms with Gasteiger partial charge in [-0.2, -0.15) is 0 Å². The van der Waals surface area contributed by atoms with Crippen molar-refractivity contribution in [2.75, 3.05) is 26.9 Å². The Kier molecular flexibility index (Phi) is 6.26. The van der Waals surface area contributed by atoms with E-state index in [1.54, 1.807) is 7.11 Å². The second-order valence-electron chi connectivity index (χ2n) is 4.93. The molecular weight excluding hydrogens is 256 g/mol. The first-order valence-electron chi connectivity index (χ1n) is 7.15. The van der Waals surface area contributed by atoms with E-state index >= 15 is 0 Å². The zero-order chi connectivity index (χ0) is 14.2. The summed E-state index contributed by atoms with van der Waals surface area (Å²) in [6.45, 7) is 1.89. The number of nitrogens with one attached hydrogen (secondary N) is 1. The molecular formula is C15H24N2O3. The lowest BCUT2D eigenvalue weighted by Gasteiger charge is -2.31. The molecule has 3 N–H and O–H groups in total. The van der Waals surface area contributed by atoms with Crippen LogP contribution in [0.2, 0.25) is 0 Å². The molecule has 2 unspecified atom stereocenters. The minimum absolute atomic E-state index is 0.0472. The van der Waals surface area contributed by atoms with Crippen molar-refractivity contribution in [3.63, 3.8) is 0 Å². The molecule has 0 amide bonds. The summed E-state index contributed by atoms with van der Waals surface area (Å²) in [5.74, 6) is 6.58. The molecule has 0 bridgehead atoms. The van der Waals surface area contributed by atoms with Crippen LogP contribution in [0.5, 0.6) is 5.75 Å². The zero-order valence-electron chi connectivity index (χ0n) is 12.0. The van der Waals surface area contributed by atoms with Crippen LogP contribution in [-0.4, -0.2) is 33.0 Å². The van der Waals surface area contributed by atoms with Crippen LogP contribution >= 0.6 is 0 Å². The summed E-state index contributed by atoms with van der Waals surface area (Å²) in [6, 6.07) is 7.89. The summed E-state index contributed by atoms with van der Waals surface area (Å²) in [4.78, 5) is 0. The zero-order valence-corrected chi connectivity index (χ0v) is 12.0. The van der Waals surface area contributed by atoms with E-state index in [2.05, 4.69) is 5.43 Å². The summed E-state index contributed by atoms with van der Waals surface area (Å²) in [7, 11) is 1.66. The number of rotatable bonds is 7. The standard InChI is InChI=1S/C15H24N2O3/c1-18-10-11-20-13-7-3-2-6-12(13)15(17-16)14-8-4-5-9-19-14/h2-3,6-7,14-15,17H,4-5,8-11,16H2,1H3. The minimum atomic E-state index is -0.0472. The van der Waals surface area contributed by atoms with Crippen molar-refractivity contribution in [2.24, 2.45) is 5.84 Å². The third-order valence-corrected chi connectivity index (χ3v) is 3.57. The number of hydrogen-bond donors (Lipinski definition) is 2. The molecule has 112 valence electrons. The molecule has 1 aliphatic rings. The Balaban J connectivity index is 2.11. The quantitative estimate of drug-likeness (QED) is 0.453. The van der Waals surface area contributed by atoms with Crippen LogP contribution in [0.4, 0.5) is 0 Å². The Morgan fingerprint density at radius 2 is 2.20 bits per heavy atom. The number of hydrazine groups is 1. The summed E-state index contributed by atoms with van der Waals surface area (Å²) in [6.07, 6.45) is 3.41. The fourth-order valence-corrected chi connectivity index (χ4v) is 2.53. The van der Waals surface area contributed by atoms with Crippen molar-refractivity contribution in [1.29, 1.82) is 0 Å². The Bertz CT molecular complexity index is 394. The van der Waals surface area contributed by atoms with Crippen molar-refractivity contribution < 1.29 is 14.2 Å². The minimum Gasteiger partial charge on any atom is -0.491 e. The highest BCUT2D eigenvalue weighted by Gasteiger charge is 2.27. The molecule has 1 fully saturated rings. The molecule has 0 saturated carbocycles. The molecule has 1 aliphatic heterocycles. The van der Waals surface area contributed by atoms with E-state index in [4.69, 9.17) is 20.1 Å². The third-order valence-electron chi connectivity index (χ3n) is 3.57. The van der Waals surface area contributed by atoms with E-state index in [1.165, 1.54) is 6.42 Å². The van der Waals surface area contributed by atoms with Gasteiger partial charge in [-0.15, -0.1) is 0 Å². The van der Waals surface area contributed by atoms with Crippen LogP contribution < -0.4 is 16.0 Å². The number of para-hydroxylation sites is 1. The fraction of sp³-hybridized carbons (Fsp3) is 0.600. The summed E-state index contributed by atoms with van der Waals surface area (Å²) in [5, 5.41) is 0. The Hall–Kier alpha value is -1.14. The molecule has 5 heteroatoms. The summed E-state index contributed by atoms with van der Waals surface area (Å²) >= 11 is 0. The lowest BCUT2D eigenvalue weighted by Crippen LogP contribution is -2.39. The van der Waals surface area contributed by atoms with E-state index in [0.717, 1.165) is 30.8 Å². The second kappa shape index (κ2) is 8.21. The monoisotopic (exact) mass is 280 g/mol. The maximum Gasteiger partial charge on any atom is 0.124 e. The molecule has 0 radical (unpaired) electrons. The summed E-state index contributed by atoms with van der Waals surface area (Å²) < 4.78 is 16.6. The fourth-order valence-electron chi connectivity index (χ4n) is 2.53. The average Bonchev–Trinajstić information content (AvgIpc) is 2.51. The van der Waals surface area contributed by atoms with Gasteiger partial charge < -0.3 is 14.2 Å². The Morgan fingerprint density at radius 3 is 2.90 bits per heavy atom. The van der Waals surface area contributed by atoms with Gasteiger partial charge in [0.2, 0.25) is 0 Å². The number of methoxy groups -OCH3 is 1. The summed E-state index contributed by atoms with van der Waals surface area (Å²) in [5.41, 5.74) is 3.92. The molecule has 20 heavy (non-hydrogen) atoms. The first kappa shape index (κ1) is 15.3. The lowest BCUT2D eigenvalue weighted by atomic mass is 9.95. The van der Waals surface area contributed by atoms with Gasteiger partial charge in [-0.25, -0.2) is 0 Å². The molecule has 0 aliphatic carbocycles. The van der Waals surface area contributed by atoms with Crippen LogP contribution in [0.25, 0.3) is 0 Å². The SMILES string of the molecule is COCCOc1ccccc1C(NN)C1CCCCO1. The van der Waals surface area contributed by atoms with Crippen molar-refractivity contribution in [2.45, 2.75) is 31.4 Å². The molecule has 1 heterocycles. The van der Waals surface area contributed by atoms with E-state index < -0.39 is 0 Å². The van der Waals surface area contributed by atoms with Gasteiger partial charge in [0, 0.05) is 19.3 Å².